The highest BCUT2D eigenvalue weighted by atomic mass is 16.4. The van der Waals surface area contributed by atoms with E-state index in [2.05, 4.69) is 40.5 Å². The summed E-state index contributed by atoms with van der Waals surface area (Å²) in [6.45, 7) is 6.25. The van der Waals surface area contributed by atoms with Crippen LogP contribution in [0.4, 0.5) is 17.5 Å². The molecule has 2 aromatic heterocycles. The van der Waals surface area contributed by atoms with Crippen molar-refractivity contribution in [2.45, 2.75) is 45.4 Å². The molecule has 0 spiro atoms. The largest absolute Gasteiger partial charge is 0.481 e. The summed E-state index contributed by atoms with van der Waals surface area (Å²) in [6.07, 6.45) is 1.94. The molecule has 1 atom stereocenters. The highest BCUT2D eigenvalue weighted by molar-refractivity contribution is 5.86. The lowest BCUT2D eigenvalue weighted by atomic mass is 10.00. The number of nitrogens with zero attached hydrogens (tertiary/aromatic N) is 2. The van der Waals surface area contributed by atoms with Crippen molar-refractivity contribution < 1.29 is 19.1 Å². The number of ketones is 1. The molecule has 186 valence electrons. The van der Waals surface area contributed by atoms with Crippen LogP contribution in [-0.4, -0.2) is 33.4 Å². The first-order valence-electron chi connectivity index (χ1n) is 12.0. The molecule has 0 radical (unpaired) electrons. The number of rotatable bonds is 11. The summed E-state index contributed by atoms with van der Waals surface area (Å²) in [7, 11) is 0. The Morgan fingerprint density at radius 2 is 1.86 bits per heavy atom. The number of Topliss-reactive ketones (excluding diaryl/α,β-unsaturated/α-hetero) is 1. The molecule has 4 rings (SSSR count). The minimum atomic E-state index is -0.845. The second kappa shape index (κ2) is 11.0. The number of nitrogens with one attached hydrogen (secondary N) is 2. The molecular weight excluding hydrogens is 456 g/mol. The van der Waals surface area contributed by atoms with Gasteiger partial charge in [0.25, 0.3) is 6.01 Å². The maximum Gasteiger partial charge on any atom is 0.303 e. The molecule has 36 heavy (non-hydrogen) atoms. The van der Waals surface area contributed by atoms with Crippen molar-refractivity contribution in [3.8, 4) is 0 Å². The average molecular weight is 487 g/mol. The first kappa shape index (κ1) is 24.9. The van der Waals surface area contributed by atoms with Crippen LogP contribution in [0, 0.1) is 0 Å². The van der Waals surface area contributed by atoms with E-state index in [0.717, 1.165) is 22.3 Å². The SMILES string of the molecule is CC(C)c1ccccc1Nc1nc2ccc(CC(=O)CNc3ccc(C(C)CC(=O)O)cn3)cc2o1. The average Bonchev–Trinajstić information content (AvgIpc) is 3.24. The van der Waals surface area contributed by atoms with Gasteiger partial charge in [-0.05, 0) is 52.8 Å². The van der Waals surface area contributed by atoms with Gasteiger partial charge in [0.05, 0.1) is 13.0 Å². The van der Waals surface area contributed by atoms with Crippen molar-refractivity contribution in [3.05, 3.63) is 77.5 Å². The van der Waals surface area contributed by atoms with Gasteiger partial charge in [0, 0.05) is 18.3 Å². The number of pyridine rings is 1. The van der Waals surface area contributed by atoms with Gasteiger partial charge < -0.3 is 20.2 Å². The van der Waals surface area contributed by atoms with Crippen molar-refractivity contribution in [2.75, 3.05) is 17.2 Å². The van der Waals surface area contributed by atoms with Crippen LogP contribution in [0.5, 0.6) is 0 Å². The summed E-state index contributed by atoms with van der Waals surface area (Å²) in [5, 5.41) is 15.2. The van der Waals surface area contributed by atoms with Crippen molar-refractivity contribution in [1.82, 2.24) is 9.97 Å². The summed E-state index contributed by atoms with van der Waals surface area (Å²) in [5.74, 6) is -0.0426. The summed E-state index contributed by atoms with van der Waals surface area (Å²) < 4.78 is 5.92. The van der Waals surface area contributed by atoms with Crippen LogP contribution in [0.1, 0.15) is 55.7 Å². The fourth-order valence-electron chi connectivity index (χ4n) is 4.02. The van der Waals surface area contributed by atoms with E-state index in [1.54, 1.807) is 12.3 Å². The Hall–Kier alpha value is -4.20. The number of aliphatic carboxylic acids is 1. The molecular formula is C28H30N4O4. The van der Waals surface area contributed by atoms with Crippen LogP contribution in [0.25, 0.3) is 11.1 Å². The second-order valence-electron chi connectivity index (χ2n) is 9.23. The number of para-hydroxylation sites is 1. The van der Waals surface area contributed by atoms with E-state index in [1.165, 1.54) is 5.56 Å². The zero-order valence-electron chi connectivity index (χ0n) is 20.6. The third-order valence-corrected chi connectivity index (χ3v) is 5.98. The van der Waals surface area contributed by atoms with E-state index >= 15 is 0 Å². The number of carbonyl (C=O) groups excluding carboxylic acids is 1. The van der Waals surface area contributed by atoms with E-state index in [1.807, 2.05) is 49.4 Å². The van der Waals surface area contributed by atoms with Gasteiger partial charge >= 0.3 is 5.97 Å². The minimum Gasteiger partial charge on any atom is -0.481 e. The van der Waals surface area contributed by atoms with Gasteiger partial charge in [0.1, 0.15) is 11.3 Å². The van der Waals surface area contributed by atoms with Gasteiger partial charge in [-0.25, -0.2) is 4.98 Å². The Morgan fingerprint density at radius 3 is 2.58 bits per heavy atom. The van der Waals surface area contributed by atoms with Crippen LogP contribution in [0.3, 0.4) is 0 Å². The van der Waals surface area contributed by atoms with E-state index in [0.29, 0.717) is 23.3 Å². The van der Waals surface area contributed by atoms with Crippen LogP contribution in [0.15, 0.2) is 65.2 Å². The smallest absolute Gasteiger partial charge is 0.303 e. The molecule has 0 bridgehead atoms. The molecule has 2 aromatic carbocycles. The van der Waals surface area contributed by atoms with Crippen molar-refractivity contribution in [2.24, 2.45) is 0 Å². The highest BCUT2D eigenvalue weighted by Crippen LogP contribution is 2.28. The molecule has 0 aliphatic heterocycles. The molecule has 0 saturated heterocycles. The number of oxazole rings is 1. The second-order valence-corrected chi connectivity index (χ2v) is 9.23. The van der Waals surface area contributed by atoms with E-state index < -0.39 is 5.97 Å². The zero-order valence-corrected chi connectivity index (χ0v) is 20.6. The number of carboxylic acid groups (broad SMARTS) is 1. The Balaban J connectivity index is 1.35. The Labute approximate surface area is 209 Å². The maximum absolute atomic E-state index is 12.6. The van der Waals surface area contributed by atoms with E-state index in [9.17, 15) is 9.59 Å². The fraction of sp³-hybridized carbons (Fsp3) is 0.286. The number of anilines is 3. The van der Waals surface area contributed by atoms with Crippen molar-refractivity contribution >= 4 is 40.4 Å². The molecule has 3 N–H and O–H groups in total. The lowest BCUT2D eigenvalue weighted by molar-refractivity contribution is -0.137. The van der Waals surface area contributed by atoms with E-state index in [-0.39, 0.29) is 31.1 Å². The molecule has 8 heteroatoms. The predicted octanol–water partition coefficient (Wildman–Crippen LogP) is 5.89. The lowest BCUT2D eigenvalue weighted by Crippen LogP contribution is -2.16. The number of hydrogen-bond acceptors (Lipinski definition) is 7. The number of fused-ring (bicyclic) bond motifs is 1. The van der Waals surface area contributed by atoms with Crippen LogP contribution < -0.4 is 10.6 Å². The molecule has 4 aromatic rings. The van der Waals surface area contributed by atoms with Crippen LogP contribution in [0.2, 0.25) is 0 Å². The van der Waals surface area contributed by atoms with Crippen molar-refractivity contribution in [1.29, 1.82) is 0 Å². The van der Waals surface area contributed by atoms with Crippen LogP contribution >= 0.6 is 0 Å². The van der Waals surface area contributed by atoms with Gasteiger partial charge in [-0.2, -0.15) is 4.98 Å². The van der Waals surface area contributed by atoms with E-state index in [4.69, 9.17) is 9.52 Å². The molecule has 0 aliphatic rings. The summed E-state index contributed by atoms with van der Waals surface area (Å²) in [5.41, 5.74) is 5.15. The number of carbonyl (C=O) groups is 2. The molecule has 1 unspecified atom stereocenters. The first-order valence-corrected chi connectivity index (χ1v) is 12.0. The monoisotopic (exact) mass is 486 g/mol. The lowest BCUT2D eigenvalue weighted by Gasteiger charge is -2.11. The van der Waals surface area contributed by atoms with Crippen LogP contribution in [-0.2, 0) is 16.0 Å². The Bertz CT molecular complexity index is 1360. The molecule has 0 aliphatic carbocycles. The van der Waals surface area contributed by atoms with Crippen molar-refractivity contribution in [3.63, 3.8) is 0 Å². The minimum absolute atomic E-state index is 0.00296. The van der Waals surface area contributed by atoms with Gasteiger partial charge in [-0.15, -0.1) is 0 Å². The number of hydrogen-bond donors (Lipinski definition) is 3. The quantitative estimate of drug-likeness (QED) is 0.240. The topological polar surface area (TPSA) is 117 Å². The number of benzene rings is 2. The first-order chi connectivity index (χ1) is 17.3. The number of aromatic nitrogens is 2. The number of carboxylic acids is 1. The Morgan fingerprint density at radius 1 is 1.06 bits per heavy atom. The van der Waals surface area contributed by atoms with Gasteiger partial charge in [0.2, 0.25) is 0 Å². The summed E-state index contributed by atoms with van der Waals surface area (Å²) in [6, 6.07) is 17.6. The maximum atomic E-state index is 12.6. The summed E-state index contributed by atoms with van der Waals surface area (Å²) in [4.78, 5) is 32.2. The predicted molar refractivity (Wildman–Crippen MR) is 140 cm³/mol. The molecule has 0 saturated carbocycles. The van der Waals surface area contributed by atoms with Gasteiger partial charge in [-0.1, -0.05) is 51.1 Å². The highest BCUT2D eigenvalue weighted by Gasteiger charge is 2.13. The third-order valence-electron chi connectivity index (χ3n) is 5.98. The molecule has 0 fully saturated rings. The third kappa shape index (κ3) is 6.27. The zero-order chi connectivity index (χ0) is 25.7. The fourth-order valence-corrected chi connectivity index (χ4v) is 4.02. The summed E-state index contributed by atoms with van der Waals surface area (Å²) >= 11 is 0. The molecule has 2 heterocycles. The molecule has 8 nitrogen and oxygen atoms in total. The standard InChI is InChI=1S/C28H30N4O4/c1-17(2)22-6-4-5-7-23(22)31-28-32-24-10-8-19(14-25(24)36-28)13-21(33)16-30-26-11-9-20(15-29-26)18(3)12-27(34)35/h4-11,14-15,17-18H,12-13,16H2,1-3H3,(H,29,30)(H,31,32)(H,34,35). The van der Waals surface area contributed by atoms with Gasteiger partial charge in [0.15, 0.2) is 11.4 Å². The normalized spacial score (nSPS) is 12.0. The molecule has 0 amide bonds. The van der Waals surface area contributed by atoms with Gasteiger partial charge in [-0.3, -0.25) is 9.59 Å². The Kier molecular flexibility index (Phi) is 7.63.